The third-order valence-corrected chi connectivity index (χ3v) is 7.26. The van der Waals surface area contributed by atoms with Gasteiger partial charge in [0.25, 0.3) is 5.91 Å². The molecule has 4 rings (SSSR count). The Kier molecular flexibility index (Phi) is 6.22. The number of Topliss-reactive ketones (excluding diaryl/α,β-unsaturated/α-hetero) is 1. The van der Waals surface area contributed by atoms with E-state index in [0.717, 1.165) is 12.1 Å². The van der Waals surface area contributed by atoms with Crippen LogP contribution < -0.4 is 10.0 Å². The van der Waals surface area contributed by atoms with Gasteiger partial charge in [0, 0.05) is 41.0 Å². The number of carbonyl (C=O) groups excluding carboxylic acids is 3. The Labute approximate surface area is 191 Å². The van der Waals surface area contributed by atoms with Crippen molar-refractivity contribution in [1.29, 1.82) is 0 Å². The van der Waals surface area contributed by atoms with Gasteiger partial charge in [0.2, 0.25) is 10.0 Å². The summed E-state index contributed by atoms with van der Waals surface area (Å²) in [6.07, 6.45) is 3.89. The van der Waals surface area contributed by atoms with Crippen LogP contribution in [-0.2, 0) is 37.2 Å². The Morgan fingerprint density at radius 3 is 2.76 bits per heavy atom. The summed E-state index contributed by atoms with van der Waals surface area (Å²) in [5, 5.41) is 2.74. The van der Waals surface area contributed by atoms with Crippen molar-refractivity contribution in [2.24, 2.45) is 0 Å². The number of nitrogens with one attached hydrogen (secondary N) is 3. The Bertz CT molecular complexity index is 1290. The quantitative estimate of drug-likeness (QED) is 0.419. The first-order valence-corrected chi connectivity index (χ1v) is 12.3. The second-order valence-electron chi connectivity index (χ2n) is 7.88. The van der Waals surface area contributed by atoms with Gasteiger partial charge in [-0.15, -0.1) is 0 Å². The van der Waals surface area contributed by atoms with E-state index in [-0.39, 0.29) is 47.6 Å². The number of aromatic nitrogens is 1. The molecule has 0 saturated carbocycles. The van der Waals surface area contributed by atoms with Crippen molar-refractivity contribution in [3.05, 3.63) is 46.3 Å². The van der Waals surface area contributed by atoms with Crippen molar-refractivity contribution in [3.63, 3.8) is 0 Å². The summed E-state index contributed by atoms with van der Waals surface area (Å²) < 4.78 is 31.8. The summed E-state index contributed by atoms with van der Waals surface area (Å²) in [6.45, 7) is 2.00. The summed E-state index contributed by atoms with van der Waals surface area (Å²) in [4.78, 5) is 40.7. The molecule has 10 heteroatoms. The van der Waals surface area contributed by atoms with Crippen molar-refractivity contribution in [1.82, 2.24) is 9.71 Å². The van der Waals surface area contributed by atoms with E-state index < -0.39 is 10.0 Å². The van der Waals surface area contributed by atoms with E-state index >= 15 is 0 Å². The maximum atomic E-state index is 12.7. The summed E-state index contributed by atoms with van der Waals surface area (Å²) in [5.41, 5.74) is 3.86. The number of aryl methyl sites for hydroxylation is 1. The van der Waals surface area contributed by atoms with Crippen molar-refractivity contribution in [3.8, 4) is 0 Å². The third kappa shape index (κ3) is 4.36. The molecule has 9 nitrogen and oxygen atoms in total. The van der Waals surface area contributed by atoms with E-state index in [0.29, 0.717) is 40.9 Å². The average molecular weight is 472 g/mol. The number of hydrogen-bond donors (Lipinski definition) is 3. The number of rotatable bonds is 7. The molecule has 3 N–H and O–H groups in total. The minimum absolute atomic E-state index is 0.00897. The van der Waals surface area contributed by atoms with Crippen LogP contribution in [0.3, 0.4) is 0 Å². The number of benzene rings is 1. The van der Waals surface area contributed by atoms with Gasteiger partial charge in [-0.05, 0) is 63.1 Å². The molecule has 0 spiro atoms. The first kappa shape index (κ1) is 22.9. The lowest BCUT2D eigenvalue weighted by Crippen LogP contribution is -2.18. The standard InChI is InChI=1S/C23H25N3O6S/c1-3-32-21(28)10-8-14-19(25-18-5-4-6-20(27)22(14)18)12-16-15-11-13(33(30,31)24-2)7-9-17(15)26-23(16)29/h7,9,11-12,24-25H,3-6,8,10H2,1-2H3,(H,26,29)/b16-12-. The van der Waals surface area contributed by atoms with Crippen LogP contribution in [0.5, 0.6) is 0 Å². The van der Waals surface area contributed by atoms with Crippen LogP contribution in [0.1, 0.15) is 59.1 Å². The molecule has 1 aromatic heterocycles. The number of aromatic amines is 1. The van der Waals surface area contributed by atoms with Gasteiger partial charge < -0.3 is 15.0 Å². The lowest BCUT2D eigenvalue weighted by Gasteiger charge is -2.11. The number of esters is 1. The van der Waals surface area contributed by atoms with Crippen molar-refractivity contribution >= 4 is 45.0 Å². The number of amides is 1. The number of fused-ring (bicyclic) bond motifs is 2. The van der Waals surface area contributed by atoms with Gasteiger partial charge in [-0.3, -0.25) is 14.4 Å². The molecule has 1 aliphatic carbocycles. The number of H-pyrrole nitrogens is 1. The lowest BCUT2D eigenvalue weighted by atomic mass is 9.91. The predicted molar refractivity (Wildman–Crippen MR) is 122 cm³/mol. The van der Waals surface area contributed by atoms with Gasteiger partial charge in [0.1, 0.15) is 0 Å². The van der Waals surface area contributed by atoms with Crippen LogP contribution >= 0.6 is 0 Å². The molecule has 174 valence electrons. The first-order valence-electron chi connectivity index (χ1n) is 10.8. The average Bonchev–Trinajstić information content (AvgIpc) is 3.30. The number of carbonyl (C=O) groups is 3. The lowest BCUT2D eigenvalue weighted by molar-refractivity contribution is -0.143. The second kappa shape index (κ2) is 8.95. The molecule has 1 aromatic carbocycles. The van der Waals surface area contributed by atoms with Crippen molar-refractivity contribution in [2.45, 2.75) is 43.9 Å². The van der Waals surface area contributed by atoms with Crippen LogP contribution in [-0.4, -0.2) is 44.7 Å². The molecular formula is C23H25N3O6S. The smallest absolute Gasteiger partial charge is 0.306 e. The maximum absolute atomic E-state index is 12.7. The molecule has 2 aliphatic rings. The van der Waals surface area contributed by atoms with E-state index in [1.54, 1.807) is 19.1 Å². The summed E-state index contributed by atoms with van der Waals surface area (Å²) >= 11 is 0. The zero-order chi connectivity index (χ0) is 23.8. The zero-order valence-electron chi connectivity index (χ0n) is 18.4. The fraction of sp³-hybridized carbons (Fsp3) is 0.348. The molecule has 0 saturated heterocycles. The minimum atomic E-state index is -3.70. The minimum Gasteiger partial charge on any atom is -0.466 e. The maximum Gasteiger partial charge on any atom is 0.306 e. The second-order valence-corrected chi connectivity index (χ2v) is 9.77. The van der Waals surface area contributed by atoms with E-state index in [4.69, 9.17) is 4.74 Å². The Morgan fingerprint density at radius 1 is 1.24 bits per heavy atom. The largest absolute Gasteiger partial charge is 0.466 e. The third-order valence-electron chi connectivity index (χ3n) is 5.85. The van der Waals surface area contributed by atoms with Crippen molar-refractivity contribution in [2.75, 3.05) is 19.0 Å². The highest BCUT2D eigenvalue weighted by Gasteiger charge is 2.29. The van der Waals surface area contributed by atoms with E-state index in [1.807, 2.05) is 0 Å². The molecule has 1 amide bonds. The molecule has 2 heterocycles. The molecule has 0 radical (unpaired) electrons. The molecule has 1 aliphatic heterocycles. The van der Waals surface area contributed by atoms with Crippen LogP contribution in [0.4, 0.5) is 5.69 Å². The molecule has 2 aromatic rings. The normalized spacial score (nSPS) is 16.5. The monoisotopic (exact) mass is 471 g/mol. The fourth-order valence-corrected chi connectivity index (χ4v) is 5.03. The van der Waals surface area contributed by atoms with Gasteiger partial charge in [0.15, 0.2) is 5.78 Å². The molecular weight excluding hydrogens is 446 g/mol. The number of sulfonamides is 1. The molecule has 0 bridgehead atoms. The molecule has 0 fully saturated rings. The highest BCUT2D eigenvalue weighted by Crippen LogP contribution is 2.36. The Morgan fingerprint density at radius 2 is 2.03 bits per heavy atom. The summed E-state index contributed by atoms with van der Waals surface area (Å²) in [7, 11) is -2.38. The fourth-order valence-electron chi connectivity index (χ4n) is 4.28. The summed E-state index contributed by atoms with van der Waals surface area (Å²) in [6, 6.07) is 4.41. The summed E-state index contributed by atoms with van der Waals surface area (Å²) in [5.74, 6) is -0.728. The van der Waals surface area contributed by atoms with Crippen LogP contribution in [0, 0.1) is 0 Å². The van der Waals surface area contributed by atoms with Gasteiger partial charge >= 0.3 is 5.97 Å². The van der Waals surface area contributed by atoms with Crippen LogP contribution in [0.2, 0.25) is 0 Å². The Balaban J connectivity index is 1.80. The number of ether oxygens (including phenoxy) is 1. The van der Waals surface area contributed by atoms with Gasteiger partial charge in [-0.25, -0.2) is 13.1 Å². The van der Waals surface area contributed by atoms with E-state index in [2.05, 4.69) is 15.0 Å². The molecule has 0 unspecified atom stereocenters. The first-order chi connectivity index (χ1) is 15.7. The van der Waals surface area contributed by atoms with Gasteiger partial charge in [-0.1, -0.05) is 0 Å². The van der Waals surface area contributed by atoms with Gasteiger partial charge in [-0.2, -0.15) is 0 Å². The SMILES string of the molecule is CCOC(=O)CCc1c(/C=C2\C(=O)Nc3ccc(S(=O)(=O)NC)cc32)[nH]c2c1C(=O)CCC2. The van der Waals surface area contributed by atoms with E-state index in [1.165, 1.54) is 19.2 Å². The Hall–Kier alpha value is -3.24. The topological polar surface area (TPSA) is 134 Å². The van der Waals surface area contributed by atoms with Crippen molar-refractivity contribution < 1.29 is 27.5 Å². The van der Waals surface area contributed by atoms with Crippen LogP contribution in [0.25, 0.3) is 11.6 Å². The molecule has 33 heavy (non-hydrogen) atoms. The number of hydrogen-bond acceptors (Lipinski definition) is 6. The molecule has 0 atom stereocenters. The van der Waals surface area contributed by atoms with Gasteiger partial charge in [0.05, 0.1) is 17.1 Å². The van der Waals surface area contributed by atoms with E-state index in [9.17, 15) is 22.8 Å². The zero-order valence-corrected chi connectivity index (χ0v) is 19.2. The predicted octanol–water partition coefficient (Wildman–Crippen LogP) is 2.43. The highest BCUT2D eigenvalue weighted by atomic mass is 32.2. The highest BCUT2D eigenvalue weighted by molar-refractivity contribution is 7.89. The number of anilines is 1. The number of ketones is 1. The van der Waals surface area contributed by atoms with Crippen LogP contribution in [0.15, 0.2) is 23.1 Å².